The van der Waals surface area contributed by atoms with E-state index < -0.39 is 0 Å². The number of benzene rings is 1. The number of anilines is 1. The number of aryl methyl sites for hydroxylation is 1. The van der Waals surface area contributed by atoms with Crippen LogP contribution in [0.15, 0.2) is 49.1 Å². The molecule has 1 amide bonds. The molecule has 0 saturated heterocycles. The van der Waals surface area contributed by atoms with E-state index in [1.165, 1.54) is 0 Å². The van der Waals surface area contributed by atoms with Crippen LogP contribution in [-0.4, -0.2) is 25.5 Å². The zero-order chi connectivity index (χ0) is 16.2. The molecule has 0 fully saturated rings. The Bertz CT molecular complexity index is 823. The van der Waals surface area contributed by atoms with Crippen molar-refractivity contribution in [3.8, 4) is 0 Å². The van der Waals surface area contributed by atoms with Crippen LogP contribution in [0.3, 0.4) is 0 Å². The molecule has 0 aliphatic rings. The summed E-state index contributed by atoms with van der Waals surface area (Å²) in [5.74, 6) is -0.177. The summed E-state index contributed by atoms with van der Waals surface area (Å²) in [5, 5.41) is 11.7. The average Bonchev–Trinajstić information content (AvgIpc) is 3.16. The molecule has 3 aromatic rings. The van der Waals surface area contributed by atoms with Gasteiger partial charge in [-0.1, -0.05) is 23.7 Å². The van der Waals surface area contributed by atoms with Crippen LogP contribution < -0.4 is 5.32 Å². The van der Waals surface area contributed by atoms with E-state index >= 15 is 0 Å². The maximum Gasteiger partial charge on any atom is 0.258 e. The van der Waals surface area contributed by atoms with Crippen molar-refractivity contribution < 1.29 is 4.79 Å². The minimum atomic E-state index is -0.177. The number of hydrogen-bond donors (Lipinski definition) is 1. The molecule has 0 atom stereocenters. The summed E-state index contributed by atoms with van der Waals surface area (Å²) >= 11 is 5.86. The molecule has 0 unspecified atom stereocenters. The second-order valence-corrected chi connectivity index (χ2v) is 5.53. The van der Waals surface area contributed by atoms with Gasteiger partial charge in [-0.3, -0.25) is 14.2 Å². The molecule has 118 valence electrons. The molecule has 3 rings (SSSR count). The summed E-state index contributed by atoms with van der Waals surface area (Å²) in [4.78, 5) is 12.2. The van der Waals surface area contributed by atoms with Crippen molar-refractivity contribution in [2.75, 3.05) is 5.32 Å². The molecular formula is C16H16ClN5O. The highest BCUT2D eigenvalue weighted by atomic mass is 35.5. The fraction of sp³-hybridized carbons (Fsp3) is 0.188. The third-order valence-electron chi connectivity index (χ3n) is 3.35. The van der Waals surface area contributed by atoms with Gasteiger partial charge >= 0.3 is 0 Å². The summed E-state index contributed by atoms with van der Waals surface area (Å²) in [6.45, 7) is 3.29. The lowest BCUT2D eigenvalue weighted by atomic mass is 10.2. The van der Waals surface area contributed by atoms with E-state index in [2.05, 4.69) is 15.5 Å². The number of amides is 1. The molecule has 2 heterocycles. The summed E-state index contributed by atoms with van der Waals surface area (Å²) in [6.07, 6.45) is 6.64. The van der Waals surface area contributed by atoms with Crippen LogP contribution in [0.25, 0.3) is 0 Å². The van der Waals surface area contributed by atoms with Gasteiger partial charge in [-0.15, -0.1) is 0 Å². The van der Waals surface area contributed by atoms with E-state index in [4.69, 9.17) is 11.6 Å². The topological polar surface area (TPSA) is 64.7 Å². The number of halogens is 1. The zero-order valence-corrected chi connectivity index (χ0v) is 13.4. The first kappa shape index (κ1) is 15.3. The Morgan fingerprint density at radius 3 is 2.74 bits per heavy atom. The van der Waals surface area contributed by atoms with Gasteiger partial charge in [0, 0.05) is 24.6 Å². The smallest absolute Gasteiger partial charge is 0.258 e. The standard InChI is InChI=1S/C16H16ClN5O/c1-2-21-10-13(7-18-21)16(23)20-15-5-3-4-12(6-15)9-22-11-14(17)8-19-22/h3-8,10-11H,2,9H2,1H3,(H,20,23). The van der Waals surface area contributed by atoms with Crippen LogP contribution in [0, 0.1) is 0 Å². The minimum Gasteiger partial charge on any atom is -0.322 e. The van der Waals surface area contributed by atoms with Crippen LogP contribution >= 0.6 is 11.6 Å². The second kappa shape index (κ2) is 6.66. The van der Waals surface area contributed by atoms with Gasteiger partial charge in [0.2, 0.25) is 0 Å². The third-order valence-corrected chi connectivity index (χ3v) is 3.55. The van der Waals surface area contributed by atoms with E-state index in [-0.39, 0.29) is 5.91 Å². The Hall–Kier alpha value is -2.60. The molecule has 6 nitrogen and oxygen atoms in total. The van der Waals surface area contributed by atoms with E-state index in [1.54, 1.807) is 34.2 Å². The quantitative estimate of drug-likeness (QED) is 0.782. The predicted octanol–water partition coefficient (Wildman–Crippen LogP) is 3.05. The lowest BCUT2D eigenvalue weighted by Gasteiger charge is -2.07. The van der Waals surface area contributed by atoms with Crippen molar-refractivity contribution in [1.29, 1.82) is 0 Å². The Morgan fingerprint density at radius 2 is 2.04 bits per heavy atom. The van der Waals surface area contributed by atoms with Crippen molar-refractivity contribution >= 4 is 23.2 Å². The highest BCUT2D eigenvalue weighted by Crippen LogP contribution is 2.14. The van der Waals surface area contributed by atoms with Crippen LogP contribution in [-0.2, 0) is 13.1 Å². The first-order valence-corrected chi connectivity index (χ1v) is 7.62. The molecule has 7 heteroatoms. The first-order chi connectivity index (χ1) is 11.1. The summed E-state index contributed by atoms with van der Waals surface area (Å²) in [6, 6.07) is 7.63. The van der Waals surface area contributed by atoms with Crippen LogP contribution in [0.1, 0.15) is 22.8 Å². The Balaban J connectivity index is 1.70. The normalized spacial score (nSPS) is 10.7. The predicted molar refractivity (Wildman–Crippen MR) is 88.6 cm³/mol. The summed E-state index contributed by atoms with van der Waals surface area (Å²) in [5.41, 5.74) is 2.29. The van der Waals surface area contributed by atoms with Crippen molar-refractivity contribution in [2.24, 2.45) is 0 Å². The number of aromatic nitrogens is 4. The van der Waals surface area contributed by atoms with Gasteiger partial charge in [0.1, 0.15) is 0 Å². The number of nitrogens with one attached hydrogen (secondary N) is 1. The molecule has 1 N–H and O–H groups in total. The second-order valence-electron chi connectivity index (χ2n) is 5.10. The highest BCUT2D eigenvalue weighted by molar-refractivity contribution is 6.30. The molecule has 23 heavy (non-hydrogen) atoms. The van der Waals surface area contributed by atoms with Gasteiger partial charge in [-0.05, 0) is 24.6 Å². The molecule has 0 saturated carbocycles. The molecule has 2 aromatic heterocycles. The molecule has 0 aliphatic carbocycles. The molecule has 0 radical (unpaired) electrons. The largest absolute Gasteiger partial charge is 0.322 e. The van der Waals surface area contributed by atoms with Crippen LogP contribution in [0.5, 0.6) is 0 Å². The van der Waals surface area contributed by atoms with Crippen molar-refractivity contribution in [3.63, 3.8) is 0 Å². The number of rotatable bonds is 5. The zero-order valence-electron chi connectivity index (χ0n) is 12.6. The third kappa shape index (κ3) is 3.78. The summed E-state index contributed by atoms with van der Waals surface area (Å²) < 4.78 is 3.46. The van der Waals surface area contributed by atoms with Crippen molar-refractivity contribution in [2.45, 2.75) is 20.0 Å². The van der Waals surface area contributed by atoms with Gasteiger partial charge in [0.05, 0.1) is 29.5 Å². The Kier molecular flexibility index (Phi) is 4.43. The maximum atomic E-state index is 12.2. The number of carbonyl (C=O) groups is 1. The van der Waals surface area contributed by atoms with Gasteiger partial charge in [-0.2, -0.15) is 10.2 Å². The number of nitrogens with zero attached hydrogens (tertiary/aromatic N) is 4. The summed E-state index contributed by atoms with van der Waals surface area (Å²) in [7, 11) is 0. The van der Waals surface area contributed by atoms with Crippen molar-refractivity contribution in [3.05, 3.63) is 65.2 Å². The SMILES string of the molecule is CCn1cc(C(=O)Nc2cccc(Cn3cc(Cl)cn3)c2)cn1. The first-order valence-electron chi connectivity index (χ1n) is 7.25. The number of hydrogen-bond acceptors (Lipinski definition) is 3. The monoisotopic (exact) mass is 329 g/mol. The fourth-order valence-corrected chi connectivity index (χ4v) is 2.37. The van der Waals surface area contributed by atoms with Gasteiger partial charge < -0.3 is 5.32 Å². The van der Waals surface area contributed by atoms with Crippen LogP contribution in [0.4, 0.5) is 5.69 Å². The molecule has 0 spiro atoms. The van der Waals surface area contributed by atoms with E-state index in [1.807, 2.05) is 31.2 Å². The molecule has 0 aliphatic heterocycles. The van der Waals surface area contributed by atoms with Gasteiger partial charge in [-0.25, -0.2) is 0 Å². The minimum absolute atomic E-state index is 0.177. The van der Waals surface area contributed by atoms with Crippen molar-refractivity contribution in [1.82, 2.24) is 19.6 Å². The molecule has 1 aromatic carbocycles. The molecule has 0 bridgehead atoms. The average molecular weight is 330 g/mol. The number of carbonyl (C=O) groups excluding carboxylic acids is 1. The maximum absolute atomic E-state index is 12.2. The fourth-order valence-electron chi connectivity index (χ4n) is 2.22. The highest BCUT2D eigenvalue weighted by Gasteiger charge is 2.09. The lowest BCUT2D eigenvalue weighted by Crippen LogP contribution is -2.11. The Labute approximate surface area is 138 Å². The van der Waals surface area contributed by atoms with Crippen LogP contribution in [0.2, 0.25) is 5.02 Å². The van der Waals surface area contributed by atoms with Gasteiger partial charge in [0.25, 0.3) is 5.91 Å². The van der Waals surface area contributed by atoms with E-state index in [9.17, 15) is 4.79 Å². The van der Waals surface area contributed by atoms with E-state index in [0.717, 1.165) is 17.8 Å². The van der Waals surface area contributed by atoms with E-state index in [0.29, 0.717) is 17.1 Å². The molecular weight excluding hydrogens is 314 g/mol. The lowest BCUT2D eigenvalue weighted by molar-refractivity contribution is 0.102. The Morgan fingerprint density at radius 1 is 1.22 bits per heavy atom. The van der Waals surface area contributed by atoms with Gasteiger partial charge in [0.15, 0.2) is 0 Å².